The standard InChI is InChI=1S/C5H5NO/c6-4-5-2-1-3-7-5/h1,3,5H,2H2. The van der Waals surface area contributed by atoms with Gasteiger partial charge in [-0.1, -0.05) is 0 Å². The first-order valence-corrected chi connectivity index (χ1v) is 2.13. The molecule has 0 saturated heterocycles. The van der Waals surface area contributed by atoms with E-state index < -0.39 is 0 Å². The minimum atomic E-state index is -0.208. The summed E-state index contributed by atoms with van der Waals surface area (Å²) >= 11 is 0. The number of rotatable bonds is 0. The predicted molar refractivity (Wildman–Crippen MR) is 24.2 cm³/mol. The van der Waals surface area contributed by atoms with Gasteiger partial charge in [0.15, 0.2) is 6.10 Å². The van der Waals surface area contributed by atoms with Crippen LogP contribution in [0, 0.1) is 11.3 Å². The van der Waals surface area contributed by atoms with E-state index in [1.54, 1.807) is 6.26 Å². The molecule has 0 saturated carbocycles. The molecule has 0 bridgehead atoms. The molecule has 1 aliphatic heterocycles. The SMILES string of the molecule is N#CC1CC=CO1. The van der Waals surface area contributed by atoms with Gasteiger partial charge in [0.25, 0.3) is 0 Å². The van der Waals surface area contributed by atoms with E-state index in [-0.39, 0.29) is 6.10 Å². The highest BCUT2D eigenvalue weighted by Crippen LogP contribution is 2.05. The van der Waals surface area contributed by atoms with Gasteiger partial charge in [-0.05, 0) is 6.08 Å². The van der Waals surface area contributed by atoms with Crippen molar-refractivity contribution in [3.8, 4) is 6.07 Å². The molecule has 0 N–H and O–H groups in total. The van der Waals surface area contributed by atoms with Crippen LogP contribution in [-0.4, -0.2) is 6.10 Å². The summed E-state index contributed by atoms with van der Waals surface area (Å²) in [5.74, 6) is 0. The monoisotopic (exact) mass is 95.0 g/mol. The van der Waals surface area contributed by atoms with E-state index in [2.05, 4.69) is 0 Å². The average molecular weight is 95.1 g/mol. The lowest BCUT2D eigenvalue weighted by Gasteiger charge is -1.93. The van der Waals surface area contributed by atoms with Gasteiger partial charge >= 0.3 is 0 Å². The second kappa shape index (κ2) is 1.65. The van der Waals surface area contributed by atoms with Crippen molar-refractivity contribution in [3.63, 3.8) is 0 Å². The molecule has 0 spiro atoms. The van der Waals surface area contributed by atoms with Gasteiger partial charge in [-0.2, -0.15) is 5.26 Å². The van der Waals surface area contributed by atoms with Crippen molar-refractivity contribution < 1.29 is 4.74 Å². The van der Waals surface area contributed by atoms with Gasteiger partial charge < -0.3 is 4.74 Å². The summed E-state index contributed by atoms with van der Waals surface area (Å²) in [4.78, 5) is 0. The van der Waals surface area contributed by atoms with E-state index in [4.69, 9.17) is 10.00 Å². The molecule has 0 aromatic heterocycles. The summed E-state index contributed by atoms with van der Waals surface area (Å²) in [5.41, 5.74) is 0. The minimum Gasteiger partial charge on any atom is -0.483 e. The van der Waals surface area contributed by atoms with Crippen molar-refractivity contribution in [1.82, 2.24) is 0 Å². The molecule has 1 heterocycles. The van der Waals surface area contributed by atoms with Crippen LogP contribution in [0.15, 0.2) is 12.3 Å². The molecule has 0 aromatic rings. The molecule has 0 aliphatic carbocycles. The molecule has 0 aromatic carbocycles. The topological polar surface area (TPSA) is 33.0 Å². The van der Waals surface area contributed by atoms with Crippen molar-refractivity contribution in [1.29, 1.82) is 5.26 Å². The maximum atomic E-state index is 8.15. The maximum Gasteiger partial charge on any atom is 0.187 e. The zero-order chi connectivity index (χ0) is 5.11. The van der Waals surface area contributed by atoms with Crippen LogP contribution in [0.4, 0.5) is 0 Å². The van der Waals surface area contributed by atoms with Gasteiger partial charge in [0.05, 0.1) is 6.26 Å². The van der Waals surface area contributed by atoms with Crippen LogP contribution in [-0.2, 0) is 4.74 Å². The Morgan fingerprint density at radius 2 is 2.71 bits per heavy atom. The Hall–Kier alpha value is -0.970. The fourth-order valence-corrected chi connectivity index (χ4v) is 0.468. The molecule has 1 rings (SSSR count). The molecule has 0 fully saturated rings. The van der Waals surface area contributed by atoms with Crippen LogP contribution >= 0.6 is 0 Å². The van der Waals surface area contributed by atoms with E-state index in [1.165, 1.54) is 0 Å². The fourth-order valence-electron chi connectivity index (χ4n) is 0.468. The molecule has 0 amide bonds. The normalized spacial score (nSPS) is 26.4. The molecule has 1 aliphatic rings. The second-order valence-corrected chi connectivity index (χ2v) is 1.36. The molecule has 2 nitrogen and oxygen atoms in total. The molecule has 1 atom stereocenters. The molecule has 0 radical (unpaired) electrons. The lowest BCUT2D eigenvalue weighted by molar-refractivity contribution is 0.221. The highest BCUT2D eigenvalue weighted by molar-refractivity contribution is 4.97. The summed E-state index contributed by atoms with van der Waals surface area (Å²) < 4.78 is 4.76. The summed E-state index contributed by atoms with van der Waals surface area (Å²) in [6, 6.07) is 1.98. The third-order valence-corrected chi connectivity index (χ3v) is 0.833. The van der Waals surface area contributed by atoms with Gasteiger partial charge in [-0.15, -0.1) is 0 Å². The van der Waals surface area contributed by atoms with Crippen molar-refractivity contribution in [2.45, 2.75) is 12.5 Å². The molecular formula is C5H5NO. The highest BCUT2D eigenvalue weighted by atomic mass is 16.5. The molecule has 2 heteroatoms. The van der Waals surface area contributed by atoms with Crippen molar-refractivity contribution in [2.75, 3.05) is 0 Å². The smallest absolute Gasteiger partial charge is 0.187 e. The van der Waals surface area contributed by atoms with Crippen molar-refractivity contribution in [3.05, 3.63) is 12.3 Å². The predicted octanol–water partition coefficient (Wildman–Crippen LogP) is 0.813. The summed E-state index contributed by atoms with van der Waals surface area (Å²) in [5, 5.41) is 8.15. The van der Waals surface area contributed by atoms with E-state index in [0.717, 1.165) is 6.42 Å². The first-order chi connectivity index (χ1) is 3.43. The van der Waals surface area contributed by atoms with Crippen LogP contribution in [0.3, 0.4) is 0 Å². The quantitative estimate of drug-likeness (QED) is 0.446. The van der Waals surface area contributed by atoms with Crippen molar-refractivity contribution in [2.24, 2.45) is 0 Å². The zero-order valence-electron chi connectivity index (χ0n) is 3.79. The Morgan fingerprint density at radius 1 is 1.86 bits per heavy atom. The average Bonchev–Trinajstić information content (AvgIpc) is 2.14. The molecule has 1 unspecified atom stereocenters. The highest BCUT2D eigenvalue weighted by Gasteiger charge is 2.06. The fraction of sp³-hybridized carbons (Fsp3) is 0.400. The van der Waals surface area contributed by atoms with Gasteiger partial charge in [0, 0.05) is 6.42 Å². The zero-order valence-corrected chi connectivity index (χ0v) is 3.79. The summed E-state index contributed by atoms with van der Waals surface area (Å²) in [6.45, 7) is 0. The van der Waals surface area contributed by atoms with Crippen LogP contribution < -0.4 is 0 Å². The van der Waals surface area contributed by atoms with Crippen molar-refractivity contribution >= 4 is 0 Å². The summed E-state index contributed by atoms with van der Waals surface area (Å²) in [6.07, 6.45) is 3.94. The number of ether oxygens (including phenoxy) is 1. The largest absolute Gasteiger partial charge is 0.483 e. The third kappa shape index (κ3) is 0.716. The van der Waals surface area contributed by atoms with E-state index in [9.17, 15) is 0 Å². The molecular weight excluding hydrogens is 90.1 g/mol. The number of nitriles is 1. The summed E-state index contributed by atoms with van der Waals surface area (Å²) in [7, 11) is 0. The van der Waals surface area contributed by atoms with E-state index in [1.807, 2.05) is 12.1 Å². The maximum absolute atomic E-state index is 8.15. The van der Waals surface area contributed by atoms with Gasteiger partial charge in [-0.25, -0.2) is 0 Å². The lowest BCUT2D eigenvalue weighted by atomic mass is 10.3. The van der Waals surface area contributed by atoms with Gasteiger partial charge in [0.2, 0.25) is 0 Å². The Kier molecular flexibility index (Phi) is 0.991. The van der Waals surface area contributed by atoms with Crippen LogP contribution in [0.25, 0.3) is 0 Å². The molecule has 7 heavy (non-hydrogen) atoms. The number of hydrogen-bond acceptors (Lipinski definition) is 2. The first kappa shape index (κ1) is 4.20. The first-order valence-electron chi connectivity index (χ1n) is 2.13. The Morgan fingerprint density at radius 3 is 3.00 bits per heavy atom. The van der Waals surface area contributed by atoms with Crippen LogP contribution in [0.1, 0.15) is 6.42 Å². The van der Waals surface area contributed by atoms with E-state index in [0.29, 0.717) is 0 Å². The third-order valence-electron chi connectivity index (χ3n) is 0.833. The lowest BCUT2D eigenvalue weighted by Crippen LogP contribution is -1.97. The minimum absolute atomic E-state index is 0.208. The number of hydrogen-bond donors (Lipinski definition) is 0. The Balaban J connectivity index is 2.39. The van der Waals surface area contributed by atoms with E-state index >= 15 is 0 Å². The van der Waals surface area contributed by atoms with Gasteiger partial charge in [-0.3, -0.25) is 0 Å². The van der Waals surface area contributed by atoms with Gasteiger partial charge in [0.1, 0.15) is 6.07 Å². The van der Waals surface area contributed by atoms with Crippen LogP contribution in [0.5, 0.6) is 0 Å². The second-order valence-electron chi connectivity index (χ2n) is 1.36. The Labute approximate surface area is 42.0 Å². The molecule has 36 valence electrons. The number of nitrogens with zero attached hydrogens (tertiary/aromatic N) is 1. The Bertz CT molecular complexity index is 115. The van der Waals surface area contributed by atoms with Crippen LogP contribution in [0.2, 0.25) is 0 Å².